The Morgan fingerprint density at radius 3 is 2.73 bits per heavy atom. The molecule has 1 N–H and O–H groups in total. The highest BCUT2D eigenvalue weighted by atomic mass is 32.1. The molecule has 0 saturated carbocycles. The Hall–Kier alpha value is -3.24. The zero-order chi connectivity index (χ0) is 22.9. The minimum Gasteiger partial charge on any atom is -0.301 e. The minimum atomic E-state index is -0.267. The van der Waals surface area contributed by atoms with Gasteiger partial charge >= 0.3 is 0 Å². The van der Waals surface area contributed by atoms with E-state index in [1.807, 2.05) is 36.0 Å². The summed E-state index contributed by atoms with van der Waals surface area (Å²) in [5.74, 6) is -0.00722. The lowest BCUT2D eigenvalue weighted by Crippen LogP contribution is -2.39. The Morgan fingerprint density at radius 2 is 2.00 bits per heavy atom. The molecule has 5 rings (SSSR count). The summed E-state index contributed by atoms with van der Waals surface area (Å²) < 4.78 is 1.92. The summed E-state index contributed by atoms with van der Waals surface area (Å²) in [6.07, 6.45) is 7.21. The minimum absolute atomic E-state index is 0.260. The van der Waals surface area contributed by atoms with Crippen LogP contribution in [0.5, 0.6) is 0 Å². The van der Waals surface area contributed by atoms with Crippen molar-refractivity contribution < 1.29 is 4.79 Å². The zero-order valence-corrected chi connectivity index (χ0v) is 19.7. The van der Waals surface area contributed by atoms with Gasteiger partial charge in [-0.3, -0.25) is 14.8 Å². The number of aryl methyl sites for hydroxylation is 1. The lowest BCUT2D eigenvalue weighted by atomic mass is 10.0. The van der Waals surface area contributed by atoms with Crippen molar-refractivity contribution in [1.29, 1.82) is 0 Å². The number of nitrogens with zero attached hydrogens (tertiary/aromatic N) is 7. The Balaban J connectivity index is 1.29. The number of anilines is 1. The van der Waals surface area contributed by atoms with Crippen molar-refractivity contribution in [2.75, 3.05) is 18.4 Å². The second kappa shape index (κ2) is 8.95. The van der Waals surface area contributed by atoms with Gasteiger partial charge in [-0.2, -0.15) is 5.10 Å². The zero-order valence-electron chi connectivity index (χ0n) is 18.9. The molecule has 170 valence electrons. The summed E-state index contributed by atoms with van der Waals surface area (Å²) in [6.45, 7) is 8.47. The molecule has 3 aromatic heterocycles. The molecule has 0 aliphatic carbocycles. The largest absolute Gasteiger partial charge is 0.301 e. The maximum atomic E-state index is 12.8. The molecule has 0 bridgehead atoms. The van der Waals surface area contributed by atoms with Crippen LogP contribution in [-0.4, -0.2) is 59.9 Å². The van der Waals surface area contributed by atoms with Gasteiger partial charge in [0.1, 0.15) is 10.0 Å². The van der Waals surface area contributed by atoms with Gasteiger partial charge in [0.25, 0.3) is 5.91 Å². The van der Waals surface area contributed by atoms with Crippen LogP contribution >= 0.6 is 11.3 Å². The molecule has 0 radical (unpaired) electrons. The van der Waals surface area contributed by atoms with Gasteiger partial charge in [0.15, 0.2) is 0 Å². The number of aromatic nitrogens is 6. The van der Waals surface area contributed by atoms with E-state index in [1.165, 1.54) is 11.3 Å². The molecule has 0 unspecified atom stereocenters. The predicted molar refractivity (Wildman–Crippen MR) is 128 cm³/mol. The molecule has 1 aliphatic rings. The van der Waals surface area contributed by atoms with Gasteiger partial charge in [-0.25, -0.2) is 9.97 Å². The van der Waals surface area contributed by atoms with Crippen molar-refractivity contribution in [3.05, 3.63) is 47.4 Å². The highest BCUT2D eigenvalue weighted by Gasteiger charge is 2.23. The van der Waals surface area contributed by atoms with Crippen LogP contribution in [0.15, 0.2) is 36.8 Å². The smallest absolute Gasteiger partial charge is 0.261 e. The third-order valence-corrected chi connectivity index (χ3v) is 6.94. The maximum Gasteiger partial charge on any atom is 0.261 e. The number of hydrogen-bond donors (Lipinski definition) is 1. The Morgan fingerprint density at radius 1 is 1.18 bits per heavy atom. The monoisotopic (exact) mass is 462 g/mol. The van der Waals surface area contributed by atoms with Crippen LogP contribution in [0.3, 0.4) is 0 Å². The van der Waals surface area contributed by atoms with Crippen molar-refractivity contribution in [3.8, 4) is 10.6 Å². The standard InChI is InChI=1S/C23H26N8OS/c1-14(2)30-8-6-19(7-9-30)31-13-18(12-25-31)21(32)27-23-24-11-17-5-4-16(10-20(17)26-23)22-29-28-15(3)33-22/h4-5,10-14,19H,6-9H2,1-3H3,(H,24,26,27,32). The molecule has 1 aromatic carbocycles. The van der Waals surface area contributed by atoms with E-state index in [4.69, 9.17) is 0 Å². The first-order chi connectivity index (χ1) is 16.0. The number of carbonyl (C=O) groups is 1. The van der Waals surface area contributed by atoms with Crippen molar-refractivity contribution in [3.63, 3.8) is 0 Å². The number of hydrogen-bond acceptors (Lipinski definition) is 8. The van der Waals surface area contributed by atoms with Crippen molar-refractivity contribution in [2.45, 2.75) is 45.7 Å². The summed E-state index contributed by atoms with van der Waals surface area (Å²) in [5.41, 5.74) is 2.18. The van der Waals surface area contributed by atoms with Crippen LogP contribution in [0.4, 0.5) is 5.95 Å². The summed E-state index contributed by atoms with van der Waals surface area (Å²) in [5, 5.41) is 18.2. The molecule has 1 fully saturated rings. The highest BCUT2D eigenvalue weighted by molar-refractivity contribution is 7.14. The number of fused-ring (bicyclic) bond motifs is 1. The normalized spacial score (nSPS) is 15.4. The fraction of sp³-hybridized carbons (Fsp3) is 0.391. The first-order valence-corrected chi connectivity index (χ1v) is 11.9. The van der Waals surface area contributed by atoms with Gasteiger partial charge in [0.2, 0.25) is 5.95 Å². The van der Waals surface area contributed by atoms with Gasteiger partial charge in [-0.05, 0) is 39.7 Å². The molecular weight excluding hydrogens is 436 g/mol. The van der Waals surface area contributed by atoms with Crippen LogP contribution in [0.2, 0.25) is 0 Å². The summed E-state index contributed by atoms with van der Waals surface area (Å²) in [6, 6.07) is 6.74. The third kappa shape index (κ3) is 4.62. The van der Waals surface area contributed by atoms with E-state index in [1.54, 1.807) is 12.4 Å². The maximum absolute atomic E-state index is 12.8. The van der Waals surface area contributed by atoms with Gasteiger partial charge in [0.05, 0.1) is 23.3 Å². The second-order valence-corrected chi connectivity index (χ2v) is 9.80. The average Bonchev–Trinajstić information content (AvgIpc) is 3.48. The SMILES string of the molecule is Cc1nnc(-c2ccc3cnc(NC(=O)c4cnn(C5CCN(C(C)C)CC5)c4)nc3c2)s1. The summed E-state index contributed by atoms with van der Waals surface area (Å²) >= 11 is 1.53. The fourth-order valence-electron chi connectivity index (χ4n) is 4.13. The molecule has 33 heavy (non-hydrogen) atoms. The molecule has 1 amide bonds. The van der Waals surface area contributed by atoms with Crippen molar-refractivity contribution >= 4 is 34.1 Å². The number of likely N-dealkylation sites (tertiary alicyclic amines) is 1. The quantitative estimate of drug-likeness (QED) is 0.479. The molecule has 1 aliphatic heterocycles. The number of rotatable bonds is 5. The molecule has 4 heterocycles. The van der Waals surface area contributed by atoms with Crippen molar-refractivity contribution in [2.24, 2.45) is 0 Å². The van der Waals surface area contributed by atoms with Crippen LogP contribution in [0, 0.1) is 6.92 Å². The van der Waals surface area contributed by atoms with Gasteiger partial charge in [-0.1, -0.05) is 23.5 Å². The number of nitrogens with one attached hydrogen (secondary N) is 1. The van der Waals surface area contributed by atoms with Crippen LogP contribution in [-0.2, 0) is 0 Å². The van der Waals surface area contributed by atoms with Crippen LogP contribution < -0.4 is 5.32 Å². The number of carbonyl (C=O) groups excluding carboxylic acids is 1. The fourth-order valence-corrected chi connectivity index (χ4v) is 4.81. The molecule has 4 aromatic rings. The Labute approximate surface area is 195 Å². The van der Waals surface area contributed by atoms with E-state index in [0.717, 1.165) is 52.4 Å². The predicted octanol–water partition coefficient (Wildman–Crippen LogP) is 3.95. The third-order valence-electron chi connectivity index (χ3n) is 6.05. The first kappa shape index (κ1) is 21.6. The van der Waals surface area contributed by atoms with E-state index in [2.05, 4.69) is 49.3 Å². The molecule has 10 heteroatoms. The number of piperidine rings is 1. The van der Waals surface area contributed by atoms with E-state index in [0.29, 0.717) is 17.6 Å². The first-order valence-electron chi connectivity index (χ1n) is 11.1. The van der Waals surface area contributed by atoms with Crippen molar-refractivity contribution in [1.82, 2.24) is 34.8 Å². The number of benzene rings is 1. The molecule has 9 nitrogen and oxygen atoms in total. The Bertz CT molecular complexity index is 1290. The van der Waals surface area contributed by atoms with Gasteiger partial charge < -0.3 is 4.90 Å². The van der Waals surface area contributed by atoms with E-state index in [9.17, 15) is 4.79 Å². The highest BCUT2D eigenvalue weighted by Crippen LogP contribution is 2.27. The van der Waals surface area contributed by atoms with E-state index in [-0.39, 0.29) is 11.9 Å². The average molecular weight is 463 g/mol. The van der Waals surface area contributed by atoms with Crippen LogP contribution in [0.1, 0.15) is 48.1 Å². The molecule has 0 spiro atoms. The lowest BCUT2D eigenvalue weighted by molar-refractivity contribution is 0.102. The topological polar surface area (TPSA) is 102 Å². The Kier molecular flexibility index (Phi) is 5.86. The molecule has 1 saturated heterocycles. The lowest BCUT2D eigenvalue weighted by Gasteiger charge is -2.34. The molecular formula is C23H26N8OS. The number of amides is 1. The molecule has 0 atom stereocenters. The van der Waals surface area contributed by atoms with Gasteiger partial charge in [-0.15, -0.1) is 10.2 Å². The van der Waals surface area contributed by atoms with E-state index >= 15 is 0 Å². The summed E-state index contributed by atoms with van der Waals surface area (Å²) in [7, 11) is 0. The van der Waals surface area contributed by atoms with Crippen LogP contribution in [0.25, 0.3) is 21.5 Å². The summed E-state index contributed by atoms with van der Waals surface area (Å²) in [4.78, 5) is 24.1. The van der Waals surface area contributed by atoms with Gasteiger partial charge in [0, 0.05) is 42.5 Å². The van der Waals surface area contributed by atoms with E-state index < -0.39 is 0 Å². The second-order valence-electron chi connectivity index (χ2n) is 8.62.